The highest BCUT2D eigenvalue weighted by molar-refractivity contribution is 7.90. The molecule has 5 atom stereocenters. The number of urea groups is 1. The van der Waals surface area contributed by atoms with Gasteiger partial charge in [-0.1, -0.05) is 50.1 Å². The summed E-state index contributed by atoms with van der Waals surface area (Å²) in [6, 6.07) is 8.74. The van der Waals surface area contributed by atoms with E-state index in [1.54, 1.807) is 24.3 Å². The number of carbonyl (C=O) groups excluding carboxylic acids is 2. The van der Waals surface area contributed by atoms with Crippen molar-refractivity contribution in [2.75, 3.05) is 27.9 Å². The molecule has 266 valence electrons. The number of sulfonamides is 1. The third-order valence-electron chi connectivity index (χ3n) is 11.4. The van der Waals surface area contributed by atoms with Crippen LogP contribution in [-0.2, 0) is 16.4 Å². The molecule has 10 nitrogen and oxygen atoms in total. The fraction of sp³-hybridized carbons (Fsp3) is 0.526. The number of carbonyl (C=O) groups is 2. The molecule has 2 saturated carbocycles. The standard InChI is InChI=1S/C38H51N3O7S/c1-8-36(2)20-16-29-26(24-36)12-15-32-37(29,3)18-9-19-38(32,4)40-35(43)41-49(44,45)28-13-10-25(11-14-28)17-21-39-34(42)27-22-30(46-5)33(48-7)31(23-27)47-6/h8,10-14,22-23,29,32H,1,9,15-21,24H2,2-7H3,(H,39,42)(H2,40,41,43)/t29-,32+,36-,37+,38+/m0/s1. The maximum atomic E-state index is 13.3. The molecule has 0 saturated heterocycles. The Hall–Kier alpha value is -3.99. The van der Waals surface area contributed by atoms with Crippen LogP contribution in [-0.4, -0.2) is 53.8 Å². The van der Waals surface area contributed by atoms with Crippen LogP contribution in [0, 0.1) is 22.7 Å². The summed E-state index contributed by atoms with van der Waals surface area (Å²) in [6.07, 6.45) is 11.9. The van der Waals surface area contributed by atoms with Crippen molar-refractivity contribution in [2.45, 2.75) is 82.6 Å². The number of rotatable bonds is 11. The molecule has 3 amide bonds. The monoisotopic (exact) mass is 693 g/mol. The number of allylic oxidation sites excluding steroid dienone is 3. The van der Waals surface area contributed by atoms with Gasteiger partial charge in [0.25, 0.3) is 15.9 Å². The minimum Gasteiger partial charge on any atom is -0.493 e. The molecule has 2 aromatic carbocycles. The number of nitrogens with one attached hydrogen (secondary N) is 3. The van der Waals surface area contributed by atoms with Crippen LogP contribution in [0.1, 0.15) is 81.6 Å². The zero-order valence-corrected chi connectivity index (χ0v) is 30.4. The van der Waals surface area contributed by atoms with E-state index in [9.17, 15) is 18.0 Å². The highest BCUT2D eigenvalue weighted by Gasteiger charge is 2.56. The Morgan fingerprint density at radius 1 is 0.980 bits per heavy atom. The van der Waals surface area contributed by atoms with Gasteiger partial charge in [0.1, 0.15) is 0 Å². The molecule has 11 heteroatoms. The average molecular weight is 694 g/mol. The van der Waals surface area contributed by atoms with Crippen LogP contribution in [0.3, 0.4) is 0 Å². The van der Waals surface area contributed by atoms with Crippen molar-refractivity contribution in [3.63, 3.8) is 0 Å². The smallest absolute Gasteiger partial charge is 0.329 e. The number of hydrogen-bond acceptors (Lipinski definition) is 7. The minimum absolute atomic E-state index is 0.00999. The summed E-state index contributed by atoms with van der Waals surface area (Å²) in [5.41, 5.74) is 2.32. The lowest BCUT2D eigenvalue weighted by Gasteiger charge is -2.59. The van der Waals surface area contributed by atoms with Crippen molar-refractivity contribution in [3.05, 3.63) is 71.8 Å². The fourth-order valence-corrected chi connectivity index (χ4v) is 9.60. The van der Waals surface area contributed by atoms with Crippen molar-refractivity contribution in [2.24, 2.45) is 22.7 Å². The number of ether oxygens (including phenoxy) is 3. The van der Waals surface area contributed by atoms with Gasteiger partial charge in [0.2, 0.25) is 5.75 Å². The first-order chi connectivity index (χ1) is 23.2. The zero-order valence-electron chi connectivity index (χ0n) is 29.6. The summed E-state index contributed by atoms with van der Waals surface area (Å²) in [5, 5.41) is 5.98. The first kappa shape index (κ1) is 36.3. The Labute approximate surface area is 291 Å². The normalized spacial score (nSPS) is 27.8. The second-order valence-corrected chi connectivity index (χ2v) is 16.3. The lowest BCUT2D eigenvalue weighted by atomic mass is 9.47. The maximum Gasteiger partial charge on any atom is 0.329 e. The van der Waals surface area contributed by atoms with Crippen LogP contribution in [0.2, 0.25) is 0 Å². The lowest BCUT2D eigenvalue weighted by molar-refractivity contribution is -0.0271. The SMILES string of the molecule is C=C[C@@]1(C)CC[C@H]2C(=CC[C@@H]3[C@]2(C)CCC[C@@]3(C)NC(=O)NS(=O)(=O)c2ccc(CCNC(=O)c3cc(OC)c(OC)c(OC)c3)cc2)C1. The van der Waals surface area contributed by atoms with E-state index in [0.717, 1.165) is 50.5 Å². The van der Waals surface area contributed by atoms with Gasteiger partial charge < -0.3 is 24.8 Å². The van der Waals surface area contributed by atoms with E-state index < -0.39 is 21.6 Å². The Balaban J connectivity index is 1.18. The van der Waals surface area contributed by atoms with Crippen LogP contribution in [0.15, 0.2) is 65.6 Å². The first-order valence-corrected chi connectivity index (χ1v) is 18.5. The first-order valence-electron chi connectivity index (χ1n) is 17.1. The second-order valence-electron chi connectivity index (χ2n) is 14.6. The molecule has 3 aliphatic rings. The number of benzene rings is 2. The van der Waals surface area contributed by atoms with Gasteiger partial charge in [-0.25, -0.2) is 17.9 Å². The molecule has 3 N–H and O–H groups in total. The second kappa shape index (κ2) is 14.1. The van der Waals surface area contributed by atoms with Gasteiger partial charge in [0, 0.05) is 17.6 Å². The Morgan fingerprint density at radius 3 is 2.27 bits per heavy atom. The Bertz CT molecular complexity index is 1700. The van der Waals surface area contributed by atoms with E-state index in [0.29, 0.717) is 41.7 Å². The minimum atomic E-state index is -4.11. The third kappa shape index (κ3) is 7.32. The van der Waals surface area contributed by atoms with E-state index in [1.165, 1.54) is 39.0 Å². The number of hydrogen-bond donors (Lipinski definition) is 3. The predicted octanol–water partition coefficient (Wildman–Crippen LogP) is 6.56. The molecule has 0 radical (unpaired) electrons. The van der Waals surface area contributed by atoms with Gasteiger partial charge in [0.05, 0.1) is 26.2 Å². The molecule has 3 aliphatic carbocycles. The molecular weight excluding hydrogens is 642 g/mol. The lowest BCUT2D eigenvalue weighted by Crippen LogP contribution is -2.63. The van der Waals surface area contributed by atoms with Crippen LogP contribution in [0.25, 0.3) is 0 Å². The molecule has 0 aromatic heterocycles. The van der Waals surface area contributed by atoms with Crippen molar-refractivity contribution in [1.29, 1.82) is 0 Å². The van der Waals surface area contributed by atoms with Crippen molar-refractivity contribution < 1.29 is 32.2 Å². The molecule has 2 aromatic rings. The van der Waals surface area contributed by atoms with Crippen LogP contribution in [0.5, 0.6) is 17.2 Å². The van der Waals surface area contributed by atoms with Gasteiger partial charge in [0.15, 0.2) is 11.5 Å². The molecule has 2 fully saturated rings. The van der Waals surface area contributed by atoms with Gasteiger partial charge in [-0.2, -0.15) is 0 Å². The molecule has 0 heterocycles. The van der Waals surface area contributed by atoms with Crippen LogP contribution in [0.4, 0.5) is 4.79 Å². The molecule has 5 rings (SSSR count). The molecule has 49 heavy (non-hydrogen) atoms. The number of methoxy groups -OCH3 is 3. The van der Waals surface area contributed by atoms with Crippen LogP contribution < -0.4 is 29.6 Å². The third-order valence-corrected chi connectivity index (χ3v) is 12.8. The van der Waals surface area contributed by atoms with Gasteiger partial charge in [-0.15, -0.1) is 6.58 Å². The summed E-state index contributed by atoms with van der Waals surface area (Å²) < 4.78 is 44.8. The molecule has 0 unspecified atom stereocenters. The molecule has 0 spiro atoms. The summed E-state index contributed by atoms with van der Waals surface area (Å²) in [4.78, 5) is 26.1. The van der Waals surface area contributed by atoms with E-state index in [4.69, 9.17) is 14.2 Å². The van der Waals surface area contributed by atoms with E-state index >= 15 is 0 Å². The Morgan fingerprint density at radius 2 is 1.65 bits per heavy atom. The van der Waals surface area contributed by atoms with E-state index in [1.807, 2.05) is 0 Å². The highest BCUT2D eigenvalue weighted by Crippen LogP contribution is 2.61. The van der Waals surface area contributed by atoms with Crippen molar-refractivity contribution >= 4 is 22.0 Å². The summed E-state index contributed by atoms with van der Waals surface area (Å²) >= 11 is 0. The summed E-state index contributed by atoms with van der Waals surface area (Å²) in [5.74, 6) is 1.49. The van der Waals surface area contributed by atoms with Crippen molar-refractivity contribution in [1.82, 2.24) is 15.4 Å². The number of fused-ring (bicyclic) bond motifs is 3. The molecule has 0 bridgehead atoms. The molecule has 0 aliphatic heterocycles. The highest BCUT2D eigenvalue weighted by atomic mass is 32.2. The van der Waals surface area contributed by atoms with Gasteiger partial charge >= 0.3 is 6.03 Å². The topological polar surface area (TPSA) is 132 Å². The zero-order chi connectivity index (χ0) is 35.6. The average Bonchev–Trinajstić information content (AvgIpc) is 3.07. The predicted molar refractivity (Wildman–Crippen MR) is 190 cm³/mol. The van der Waals surface area contributed by atoms with Gasteiger partial charge in [-0.05, 0) is 104 Å². The van der Waals surface area contributed by atoms with Gasteiger partial charge in [-0.3, -0.25) is 4.79 Å². The molecular formula is C38H51N3O7S. The largest absolute Gasteiger partial charge is 0.493 e. The number of amides is 3. The summed E-state index contributed by atoms with van der Waals surface area (Å²) in [6.45, 7) is 11.1. The maximum absolute atomic E-state index is 13.3. The fourth-order valence-electron chi connectivity index (χ4n) is 8.69. The quantitative estimate of drug-likeness (QED) is 0.227. The Kier molecular flexibility index (Phi) is 10.4. The van der Waals surface area contributed by atoms with E-state index in [-0.39, 0.29) is 27.6 Å². The summed E-state index contributed by atoms with van der Waals surface area (Å²) in [7, 11) is 0.345. The van der Waals surface area contributed by atoms with E-state index in [2.05, 4.69) is 54.9 Å². The van der Waals surface area contributed by atoms with Crippen LogP contribution >= 0.6 is 0 Å². The van der Waals surface area contributed by atoms with Crippen molar-refractivity contribution in [3.8, 4) is 17.2 Å².